The van der Waals surface area contributed by atoms with Gasteiger partial charge in [-0.05, 0) is 41.0 Å². The molecule has 0 saturated heterocycles. The molecular weight excluding hydrogens is 346 g/mol. The van der Waals surface area contributed by atoms with Crippen LogP contribution in [0.3, 0.4) is 0 Å². The van der Waals surface area contributed by atoms with Crippen molar-refractivity contribution in [3.05, 3.63) is 47.5 Å². The van der Waals surface area contributed by atoms with Crippen LogP contribution in [0.5, 0.6) is 23.0 Å². The lowest BCUT2D eigenvalue weighted by Crippen LogP contribution is -2.13. The maximum absolute atomic E-state index is 12.5. The van der Waals surface area contributed by atoms with Crippen molar-refractivity contribution < 1.29 is 23.7 Å². The number of nitrogens with one attached hydrogen (secondary N) is 1. The first-order chi connectivity index (χ1) is 13.2. The highest BCUT2D eigenvalue weighted by Crippen LogP contribution is 2.50. The van der Waals surface area contributed by atoms with Gasteiger partial charge in [0.25, 0.3) is 5.91 Å². The number of fused-ring (bicyclic) bond motifs is 4. The van der Waals surface area contributed by atoms with Crippen LogP contribution in [-0.2, 0) is 6.54 Å². The molecule has 0 saturated carbocycles. The zero-order valence-corrected chi connectivity index (χ0v) is 14.9. The van der Waals surface area contributed by atoms with Crippen LogP contribution in [0, 0.1) is 0 Å². The highest BCUT2D eigenvalue weighted by atomic mass is 16.7. The highest BCUT2D eigenvalue weighted by Gasteiger charge is 2.33. The summed E-state index contributed by atoms with van der Waals surface area (Å²) in [5, 5.41) is 4.63. The third kappa shape index (κ3) is 2.16. The first kappa shape index (κ1) is 15.8. The molecule has 0 spiro atoms. The molecule has 0 atom stereocenters. The van der Waals surface area contributed by atoms with E-state index in [1.54, 1.807) is 14.2 Å². The first-order valence-corrected chi connectivity index (χ1v) is 8.60. The molecule has 3 aromatic rings. The molecule has 0 aliphatic carbocycles. The number of carbonyl (C=O) groups excluding carboxylic acids is 1. The van der Waals surface area contributed by atoms with Crippen LogP contribution in [0.2, 0.25) is 0 Å². The van der Waals surface area contributed by atoms with Crippen molar-refractivity contribution in [1.29, 1.82) is 0 Å². The lowest BCUT2D eigenvalue weighted by atomic mass is 9.89. The van der Waals surface area contributed by atoms with Crippen LogP contribution < -0.4 is 24.3 Å². The Morgan fingerprint density at radius 2 is 1.78 bits per heavy atom. The van der Waals surface area contributed by atoms with E-state index >= 15 is 0 Å². The largest absolute Gasteiger partial charge is 0.497 e. The smallest absolute Gasteiger partial charge is 0.255 e. The lowest BCUT2D eigenvalue weighted by Gasteiger charge is -2.17. The third-order valence-corrected chi connectivity index (χ3v) is 5.10. The minimum Gasteiger partial charge on any atom is -0.497 e. The summed E-state index contributed by atoms with van der Waals surface area (Å²) in [5.41, 5.74) is 3.40. The predicted molar refractivity (Wildman–Crippen MR) is 99.8 cm³/mol. The summed E-state index contributed by atoms with van der Waals surface area (Å²) in [6.07, 6.45) is 0. The molecule has 0 radical (unpaired) electrons. The molecule has 1 amide bonds. The van der Waals surface area contributed by atoms with E-state index in [1.807, 2.05) is 36.4 Å². The van der Waals surface area contributed by atoms with E-state index in [9.17, 15) is 4.79 Å². The summed E-state index contributed by atoms with van der Waals surface area (Å²) in [6.45, 7) is 0.611. The second-order valence-electron chi connectivity index (χ2n) is 6.39. The summed E-state index contributed by atoms with van der Waals surface area (Å²) < 4.78 is 22.3. The molecule has 0 aromatic heterocycles. The van der Waals surface area contributed by atoms with Gasteiger partial charge in [0.15, 0.2) is 11.5 Å². The van der Waals surface area contributed by atoms with Crippen LogP contribution in [0.25, 0.3) is 21.9 Å². The number of rotatable bonds is 3. The Balaban J connectivity index is 1.93. The van der Waals surface area contributed by atoms with Gasteiger partial charge in [-0.15, -0.1) is 0 Å². The minimum absolute atomic E-state index is 0.129. The number of hydrogen-bond donors (Lipinski definition) is 1. The van der Waals surface area contributed by atoms with Crippen molar-refractivity contribution in [3.63, 3.8) is 0 Å². The van der Waals surface area contributed by atoms with Gasteiger partial charge in [0, 0.05) is 17.3 Å². The predicted octanol–water partition coefficient (Wildman–Crippen LogP) is 3.50. The number of ether oxygens (including phenoxy) is 4. The molecule has 2 aliphatic rings. The molecule has 0 fully saturated rings. The number of benzene rings is 3. The van der Waals surface area contributed by atoms with Gasteiger partial charge in [-0.1, -0.05) is 12.1 Å². The van der Waals surface area contributed by atoms with Gasteiger partial charge in [-0.3, -0.25) is 4.79 Å². The number of amides is 1. The Hall–Kier alpha value is -3.41. The van der Waals surface area contributed by atoms with Gasteiger partial charge in [-0.2, -0.15) is 0 Å². The topological polar surface area (TPSA) is 66.0 Å². The van der Waals surface area contributed by atoms with E-state index in [1.165, 1.54) is 0 Å². The van der Waals surface area contributed by atoms with E-state index in [-0.39, 0.29) is 12.7 Å². The highest BCUT2D eigenvalue weighted by molar-refractivity contribution is 6.15. The Kier molecular flexibility index (Phi) is 3.40. The van der Waals surface area contributed by atoms with Gasteiger partial charge < -0.3 is 24.3 Å². The van der Waals surface area contributed by atoms with Gasteiger partial charge in [0.1, 0.15) is 11.5 Å². The van der Waals surface area contributed by atoms with Crippen molar-refractivity contribution in [2.24, 2.45) is 0 Å². The maximum Gasteiger partial charge on any atom is 0.255 e. The SMILES string of the molecule is COc1ccc(-c2c3c(c(OC)c4ccc5c(c24)OCO5)C(=O)NC3)cc1. The van der Waals surface area contributed by atoms with Gasteiger partial charge in [0.05, 0.1) is 19.8 Å². The summed E-state index contributed by atoms with van der Waals surface area (Å²) >= 11 is 0. The summed E-state index contributed by atoms with van der Waals surface area (Å²) in [7, 11) is 3.22. The van der Waals surface area contributed by atoms with Crippen molar-refractivity contribution in [1.82, 2.24) is 5.32 Å². The fourth-order valence-corrected chi connectivity index (χ4v) is 3.92. The monoisotopic (exact) mass is 363 g/mol. The van der Waals surface area contributed by atoms with E-state index in [0.717, 1.165) is 33.2 Å². The lowest BCUT2D eigenvalue weighted by molar-refractivity contribution is 0.0963. The second-order valence-corrected chi connectivity index (χ2v) is 6.39. The van der Waals surface area contributed by atoms with E-state index in [0.29, 0.717) is 29.4 Å². The van der Waals surface area contributed by atoms with Gasteiger partial charge in [0.2, 0.25) is 6.79 Å². The van der Waals surface area contributed by atoms with Gasteiger partial charge in [-0.25, -0.2) is 0 Å². The molecule has 3 aromatic carbocycles. The average Bonchev–Trinajstić information content (AvgIpc) is 3.33. The van der Waals surface area contributed by atoms with Crippen LogP contribution in [0.1, 0.15) is 15.9 Å². The number of carbonyl (C=O) groups is 1. The molecule has 0 unspecified atom stereocenters. The average molecular weight is 363 g/mol. The number of hydrogen-bond acceptors (Lipinski definition) is 5. The van der Waals surface area contributed by atoms with E-state index < -0.39 is 0 Å². The molecule has 27 heavy (non-hydrogen) atoms. The molecule has 136 valence electrons. The summed E-state index contributed by atoms with van der Waals surface area (Å²) in [6, 6.07) is 11.5. The fraction of sp³-hybridized carbons (Fsp3) is 0.190. The van der Waals surface area contributed by atoms with Crippen LogP contribution in [-0.4, -0.2) is 26.9 Å². The van der Waals surface area contributed by atoms with Crippen LogP contribution in [0.15, 0.2) is 36.4 Å². The summed E-state index contributed by atoms with van der Waals surface area (Å²) in [4.78, 5) is 12.5. The normalized spacial score (nSPS) is 14.2. The van der Waals surface area contributed by atoms with Crippen molar-refractivity contribution in [2.45, 2.75) is 6.54 Å². The Labute approximate surface area is 155 Å². The molecule has 2 heterocycles. The van der Waals surface area contributed by atoms with Crippen LogP contribution in [0.4, 0.5) is 0 Å². The molecule has 0 bridgehead atoms. The second kappa shape index (κ2) is 5.81. The zero-order chi connectivity index (χ0) is 18.5. The summed E-state index contributed by atoms with van der Waals surface area (Å²) in [5.74, 6) is 2.57. The number of methoxy groups -OCH3 is 2. The first-order valence-electron chi connectivity index (χ1n) is 8.60. The minimum atomic E-state index is -0.129. The molecule has 5 rings (SSSR count). The molecular formula is C21H17NO5. The van der Waals surface area contributed by atoms with Crippen molar-refractivity contribution in [3.8, 4) is 34.1 Å². The maximum atomic E-state index is 12.5. The fourth-order valence-electron chi connectivity index (χ4n) is 3.92. The Bertz CT molecular complexity index is 1090. The Morgan fingerprint density at radius 1 is 0.963 bits per heavy atom. The quantitative estimate of drug-likeness (QED) is 0.772. The molecule has 6 nitrogen and oxygen atoms in total. The van der Waals surface area contributed by atoms with E-state index in [4.69, 9.17) is 18.9 Å². The molecule has 6 heteroatoms. The van der Waals surface area contributed by atoms with Gasteiger partial charge >= 0.3 is 0 Å². The van der Waals surface area contributed by atoms with Crippen LogP contribution >= 0.6 is 0 Å². The van der Waals surface area contributed by atoms with E-state index in [2.05, 4.69) is 5.32 Å². The third-order valence-electron chi connectivity index (χ3n) is 5.10. The zero-order valence-electron chi connectivity index (χ0n) is 14.9. The molecule has 2 aliphatic heterocycles. The van der Waals surface area contributed by atoms with Crippen molar-refractivity contribution in [2.75, 3.05) is 21.0 Å². The van der Waals surface area contributed by atoms with Crippen molar-refractivity contribution >= 4 is 16.7 Å². The standard InChI is InChI=1S/C21H17NO5/c1-24-12-5-3-11(4-6-12)16-14-9-22-21(23)18(14)19(25-2)13-7-8-15-20(17(13)16)27-10-26-15/h3-8H,9-10H2,1-2H3,(H,22,23). The molecule has 1 N–H and O–H groups in total. The Morgan fingerprint density at radius 3 is 2.52 bits per heavy atom.